The Bertz CT molecular complexity index is 685. The van der Waals surface area contributed by atoms with Gasteiger partial charge in [-0.15, -0.1) is 17.9 Å². The van der Waals surface area contributed by atoms with Crippen molar-refractivity contribution in [2.75, 3.05) is 18.4 Å². The van der Waals surface area contributed by atoms with E-state index in [4.69, 9.17) is 11.6 Å². The first kappa shape index (κ1) is 17.6. The summed E-state index contributed by atoms with van der Waals surface area (Å²) >= 11 is 7.30. The standard InChI is InChI=1S/C16H15ClF2N2OS/c1-2-8-21(9-11-6-7-14(17)23-11)10-15(22)20-16-12(18)4-3-5-13(16)19/h2-7H,1,8-10H2,(H,20,22). The fraction of sp³-hybridized carbons (Fsp3) is 0.188. The van der Waals surface area contributed by atoms with E-state index in [0.717, 1.165) is 17.0 Å². The first-order valence-electron chi connectivity index (χ1n) is 6.81. The molecule has 0 fully saturated rings. The number of halogens is 3. The maximum atomic E-state index is 13.5. The molecule has 23 heavy (non-hydrogen) atoms. The van der Waals surface area contributed by atoms with Crippen molar-refractivity contribution in [1.82, 2.24) is 4.90 Å². The molecule has 0 bridgehead atoms. The molecule has 0 aliphatic carbocycles. The fourth-order valence-corrected chi connectivity index (χ4v) is 3.15. The van der Waals surface area contributed by atoms with Crippen LogP contribution in [0.1, 0.15) is 4.88 Å². The van der Waals surface area contributed by atoms with Crippen LogP contribution in [-0.4, -0.2) is 23.9 Å². The zero-order chi connectivity index (χ0) is 16.8. The molecular formula is C16H15ClF2N2OS. The molecule has 2 rings (SSSR count). The maximum Gasteiger partial charge on any atom is 0.238 e. The van der Waals surface area contributed by atoms with Gasteiger partial charge in [0.2, 0.25) is 5.91 Å². The quantitative estimate of drug-likeness (QED) is 0.750. The Morgan fingerprint density at radius 1 is 1.30 bits per heavy atom. The van der Waals surface area contributed by atoms with E-state index in [2.05, 4.69) is 11.9 Å². The van der Waals surface area contributed by atoms with Crippen molar-refractivity contribution in [2.24, 2.45) is 0 Å². The summed E-state index contributed by atoms with van der Waals surface area (Å²) in [6.07, 6.45) is 1.66. The molecule has 1 aromatic carbocycles. The number of benzene rings is 1. The predicted octanol–water partition coefficient (Wildman–Crippen LogP) is 4.31. The summed E-state index contributed by atoms with van der Waals surface area (Å²) in [7, 11) is 0. The van der Waals surface area contributed by atoms with Gasteiger partial charge in [0.15, 0.2) is 0 Å². The van der Waals surface area contributed by atoms with Crippen LogP contribution in [0.25, 0.3) is 0 Å². The van der Waals surface area contributed by atoms with Gasteiger partial charge in [0.05, 0.1) is 10.9 Å². The lowest BCUT2D eigenvalue weighted by Gasteiger charge is -2.19. The van der Waals surface area contributed by atoms with Gasteiger partial charge in [-0.05, 0) is 24.3 Å². The van der Waals surface area contributed by atoms with Crippen LogP contribution in [0.4, 0.5) is 14.5 Å². The molecule has 1 amide bonds. The van der Waals surface area contributed by atoms with Crippen molar-refractivity contribution in [1.29, 1.82) is 0 Å². The van der Waals surface area contributed by atoms with Crippen molar-refractivity contribution >= 4 is 34.5 Å². The van der Waals surface area contributed by atoms with E-state index < -0.39 is 23.2 Å². The highest BCUT2D eigenvalue weighted by Crippen LogP contribution is 2.23. The molecule has 0 atom stereocenters. The monoisotopic (exact) mass is 356 g/mol. The van der Waals surface area contributed by atoms with Gasteiger partial charge in [-0.1, -0.05) is 23.7 Å². The van der Waals surface area contributed by atoms with Gasteiger partial charge < -0.3 is 5.32 Å². The van der Waals surface area contributed by atoms with Crippen LogP contribution in [0.3, 0.4) is 0 Å². The zero-order valence-electron chi connectivity index (χ0n) is 12.2. The van der Waals surface area contributed by atoms with E-state index in [-0.39, 0.29) is 6.54 Å². The van der Waals surface area contributed by atoms with Crippen LogP contribution in [0, 0.1) is 11.6 Å². The zero-order valence-corrected chi connectivity index (χ0v) is 13.8. The van der Waals surface area contributed by atoms with Gasteiger partial charge >= 0.3 is 0 Å². The molecule has 122 valence electrons. The first-order chi connectivity index (χ1) is 11.0. The van der Waals surface area contributed by atoms with E-state index in [1.54, 1.807) is 17.0 Å². The Hall–Kier alpha value is -1.76. The number of nitrogens with one attached hydrogen (secondary N) is 1. The van der Waals surface area contributed by atoms with Crippen molar-refractivity contribution < 1.29 is 13.6 Å². The lowest BCUT2D eigenvalue weighted by molar-refractivity contribution is -0.117. The van der Waals surface area contributed by atoms with E-state index >= 15 is 0 Å². The van der Waals surface area contributed by atoms with Crippen LogP contribution in [0.5, 0.6) is 0 Å². The van der Waals surface area contributed by atoms with Gasteiger partial charge in [0.25, 0.3) is 0 Å². The molecule has 0 saturated heterocycles. The Morgan fingerprint density at radius 2 is 2.00 bits per heavy atom. The molecule has 0 aliphatic heterocycles. The number of para-hydroxylation sites is 1. The SMILES string of the molecule is C=CCN(CC(=O)Nc1c(F)cccc1F)Cc1ccc(Cl)s1. The van der Waals surface area contributed by atoms with Crippen molar-refractivity contribution in [2.45, 2.75) is 6.54 Å². The van der Waals surface area contributed by atoms with Crippen molar-refractivity contribution in [3.63, 3.8) is 0 Å². The summed E-state index contributed by atoms with van der Waals surface area (Å²) in [6, 6.07) is 7.08. The largest absolute Gasteiger partial charge is 0.320 e. The molecule has 1 aromatic heterocycles. The predicted molar refractivity (Wildman–Crippen MR) is 89.8 cm³/mol. The van der Waals surface area contributed by atoms with Gasteiger partial charge in [0, 0.05) is 18.0 Å². The Morgan fingerprint density at radius 3 is 2.57 bits per heavy atom. The van der Waals surface area contributed by atoms with Gasteiger partial charge in [-0.3, -0.25) is 9.69 Å². The van der Waals surface area contributed by atoms with Crippen LogP contribution >= 0.6 is 22.9 Å². The smallest absolute Gasteiger partial charge is 0.238 e. The number of anilines is 1. The number of thiophene rings is 1. The minimum absolute atomic E-state index is 0.0185. The second-order valence-corrected chi connectivity index (χ2v) is 6.61. The molecular weight excluding hydrogens is 342 g/mol. The molecule has 0 spiro atoms. The molecule has 0 unspecified atom stereocenters. The second-order valence-electron chi connectivity index (χ2n) is 4.81. The number of hydrogen-bond acceptors (Lipinski definition) is 3. The topological polar surface area (TPSA) is 32.3 Å². The van der Waals surface area contributed by atoms with Gasteiger partial charge in [0.1, 0.15) is 17.3 Å². The summed E-state index contributed by atoms with van der Waals surface area (Å²) in [5.74, 6) is -2.11. The van der Waals surface area contributed by atoms with Crippen LogP contribution in [-0.2, 0) is 11.3 Å². The molecule has 0 radical (unpaired) electrons. The summed E-state index contributed by atoms with van der Waals surface area (Å²) in [6.45, 7) is 4.59. The summed E-state index contributed by atoms with van der Waals surface area (Å²) in [5, 5.41) is 2.27. The van der Waals surface area contributed by atoms with Gasteiger partial charge in [-0.2, -0.15) is 0 Å². The summed E-state index contributed by atoms with van der Waals surface area (Å²) in [5.41, 5.74) is -0.435. The fourth-order valence-electron chi connectivity index (χ4n) is 2.02. The average molecular weight is 357 g/mol. The van der Waals surface area contributed by atoms with E-state index in [9.17, 15) is 13.6 Å². The van der Waals surface area contributed by atoms with E-state index in [0.29, 0.717) is 17.4 Å². The van der Waals surface area contributed by atoms with Gasteiger partial charge in [-0.25, -0.2) is 8.78 Å². The van der Waals surface area contributed by atoms with Crippen LogP contribution < -0.4 is 5.32 Å². The second kappa shape index (κ2) is 8.19. The lowest BCUT2D eigenvalue weighted by atomic mass is 10.3. The molecule has 1 N–H and O–H groups in total. The molecule has 0 aliphatic rings. The lowest BCUT2D eigenvalue weighted by Crippen LogP contribution is -2.33. The third kappa shape index (κ3) is 5.13. The van der Waals surface area contributed by atoms with Crippen LogP contribution in [0.2, 0.25) is 4.34 Å². The molecule has 3 nitrogen and oxygen atoms in total. The summed E-state index contributed by atoms with van der Waals surface area (Å²) in [4.78, 5) is 14.8. The van der Waals surface area contributed by atoms with Crippen LogP contribution in [0.15, 0.2) is 43.0 Å². The minimum atomic E-state index is -0.807. The molecule has 2 aromatic rings. The molecule has 0 saturated carbocycles. The van der Waals surface area contributed by atoms with E-state index in [1.807, 2.05) is 6.07 Å². The molecule has 1 heterocycles. The Labute approximate surface area is 142 Å². The number of hydrogen-bond donors (Lipinski definition) is 1. The molecule has 7 heteroatoms. The third-order valence-corrected chi connectivity index (χ3v) is 4.21. The average Bonchev–Trinajstić information content (AvgIpc) is 2.88. The number of rotatable bonds is 7. The van der Waals surface area contributed by atoms with Crippen molar-refractivity contribution in [3.05, 3.63) is 63.8 Å². The highest BCUT2D eigenvalue weighted by atomic mass is 35.5. The third-order valence-electron chi connectivity index (χ3n) is 2.99. The number of amides is 1. The number of carbonyl (C=O) groups is 1. The Balaban J connectivity index is 2.01. The first-order valence-corrected chi connectivity index (χ1v) is 8.00. The highest BCUT2D eigenvalue weighted by Gasteiger charge is 2.15. The number of carbonyl (C=O) groups excluding carboxylic acids is 1. The maximum absolute atomic E-state index is 13.5. The minimum Gasteiger partial charge on any atom is -0.320 e. The number of nitrogens with zero attached hydrogens (tertiary/aromatic N) is 1. The highest BCUT2D eigenvalue weighted by molar-refractivity contribution is 7.16. The Kier molecular flexibility index (Phi) is 6.27. The summed E-state index contributed by atoms with van der Waals surface area (Å²) < 4.78 is 27.8. The normalized spacial score (nSPS) is 10.8. The van der Waals surface area contributed by atoms with Crippen molar-refractivity contribution in [3.8, 4) is 0 Å². The van der Waals surface area contributed by atoms with E-state index in [1.165, 1.54) is 17.4 Å².